The Hall–Kier alpha value is -1.82. The van der Waals surface area contributed by atoms with Gasteiger partial charge in [-0.05, 0) is 34.1 Å². The van der Waals surface area contributed by atoms with Crippen molar-refractivity contribution >= 4 is 27.5 Å². The summed E-state index contributed by atoms with van der Waals surface area (Å²) in [5, 5.41) is 4.18. The smallest absolute Gasteiger partial charge is 0.287 e. The normalized spacial score (nSPS) is 15.9. The number of aromatic nitrogens is 2. The second kappa shape index (κ2) is 4.45. The van der Waals surface area contributed by atoms with E-state index in [1.54, 1.807) is 12.3 Å². The van der Waals surface area contributed by atoms with Gasteiger partial charge in [-0.3, -0.25) is 4.79 Å². The van der Waals surface area contributed by atoms with Crippen LogP contribution in [-0.4, -0.2) is 21.2 Å². The number of aromatic amines is 1. The van der Waals surface area contributed by atoms with Gasteiger partial charge in [0.1, 0.15) is 5.69 Å². The molecule has 2 aromatic rings. The monoisotopic (exact) mass is 306 g/mol. The summed E-state index contributed by atoms with van der Waals surface area (Å²) in [4.78, 5) is 14.6. The molecule has 0 saturated heterocycles. The van der Waals surface area contributed by atoms with Crippen LogP contribution in [0.5, 0.6) is 0 Å². The Kier molecular flexibility index (Phi) is 2.79. The van der Waals surface area contributed by atoms with E-state index in [4.69, 9.17) is 0 Å². The number of hydrogen-bond donors (Lipinski definition) is 2. The van der Waals surface area contributed by atoms with Crippen molar-refractivity contribution in [3.05, 3.63) is 46.5 Å². The molecule has 0 fully saturated rings. The summed E-state index contributed by atoms with van der Waals surface area (Å²) in [6, 6.07) is 5.70. The molecule has 0 saturated carbocycles. The molecule has 1 amide bonds. The van der Waals surface area contributed by atoms with E-state index in [9.17, 15) is 4.79 Å². The fraction of sp³-hybridized carbons (Fsp3) is 0.167. The van der Waals surface area contributed by atoms with E-state index < -0.39 is 0 Å². The summed E-state index contributed by atoms with van der Waals surface area (Å²) in [6.45, 7) is 0.922. The molecule has 1 aliphatic rings. The lowest BCUT2D eigenvalue weighted by Crippen LogP contribution is -2.19. The Morgan fingerprint density at radius 1 is 1.56 bits per heavy atom. The third-order valence-electron chi connectivity index (χ3n) is 2.90. The van der Waals surface area contributed by atoms with Crippen molar-refractivity contribution in [1.29, 1.82) is 0 Å². The van der Waals surface area contributed by atoms with Crippen LogP contribution in [0.25, 0.3) is 0 Å². The average molecular weight is 307 g/mol. The maximum atomic E-state index is 11.8. The molecule has 2 aromatic heterocycles. The number of halogens is 1. The Labute approximate surface area is 112 Å². The zero-order chi connectivity index (χ0) is 12.5. The highest BCUT2D eigenvalue weighted by Gasteiger charge is 2.17. The van der Waals surface area contributed by atoms with Crippen LogP contribution in [0, 0.1) is 0 Å². The van der Waals surface area contributed by atoms with Gasteiger partial charge in [-0.1, -0.05) is 0 Å². The minimum Gasteiger partial charge on any atom is -0.356 e. The highest BCUT2D eigenvalue weighted by Crippen LogP contribution is 2.15. The highest BCUT2D eigenvalue weighted by molar-refractivity contribution is 9.10. The fourth-order valence-corrected chi connectivity index (χ4v) is 2.36. The average Bonchev–Trinajstić information content (AvgIpc) is 3.02. The Bertz CT molecular complexity index is 626. The maximum Gasteiger partial charge on any atom is 0.287 e. The van der Waals surface area contributed by atoms with Crippen LogP contribution < -0.4 is 5.43 Å². The van der Waals surface area contributed by atoms with E-state index in [2.05, 4.69) is 36.0 Å². The molecule has 3 heterocycles. The molecule has 5 nitrogen and oxygen atoms in total. The van der Waals surface area contributed by atoms with Crippen LogP contribution in [0.15, 0.2) is 40.2 Å². The van der Waals surface area contributed by atoms with Crippen LogP contribution in [0.4, 0.5) is 0 Å². The van der Waals surface area contributed by atoms with Gasteiger partial charge in [-0.2, -0.15) is 5.10 Å². The van der Waals surface area contributed by atoms with Crippen molar-refractivity contribution in [3.63, 3.8) is 0 Å². The van der Waals surface area contributed by atoms with E-state index in [1.807, 2.05) is 18.3 Å². The zero-order valence-electron chi connectivity index (χ0n) is 9.48. The number of nitrogens with one attached hydrogen (secondary N) is 2. The largest absolute Gasteiger partial charge is 0.356 e. The molecular weight excluding hydrogens is 296 g/mol. The maximum absolute atomic E-state index is 11.8. The van der Waals surface area contributed by atoms with E-state index >= 15 is 0 Å². The third-order valence-corrected chi connectivity index (χ3v) is 3.36. The van der Waals surface area contributed by atoms with E-state index in [-0.39, 0.29) is 5.91 Å². The fourth-order valence-electron chi connectivity index (χ4n) is 2.02. The molecule has 92 valence electrons. The highest BCUT2D eigenvalue weighted by atomic mass is 79.9. The number of carbonyl (C=O) groups excluding carboxylic acids is 1. The summed E-state index contributed by atoms with van der Waals surface area (Å²) >= 11 is 3.28. The van der Waals surface area contributed by atoms with Crippen molar-refractivity contribution in [2.24, 2.45) is 5.10 Å². The lowest BCUT2D eigenvalue weighted by Gasteiger charge is -1.99. The molecule has 18 heavy (non-hydrogen) atoms. The lowest BCUT2D eigenvalue weighted by atomic mass is 10.2. The van der Waals surface area contributed by atoms with Crippen LogP contribution in [0.2, 0.25) is 0 Å². The van der Waals surface area contributed by atoms with E-state index in [0.717, 1.165) is 28.8 Å². The van der Waals surface area contributed by atoms with Crippen LogP contribution >= 0.6 is 15.9 Å². The Morgan fingerprint density at radius 2 is 2.44 bits per heavy atom. The first-order chi connectivity index (χ1) is 8.74. The molecule has 3 rings (SSSR count). The molecule has 0 atom stereocenters. The van der Waals surface area contributed by atoms with Crippen LogP contribution in [0.1, 0.15) is 22.6 Å². The summed E-state index contributed by atoms with van der Waals surface area (Å²) in [7, 11) is 0. The van der Waals surface area contributed by atoms with Crippen LogP contribution in [-0.2, 0) is 6.54 Å². The first-order valence-electron chi connectivity index (χ1n) is 5.60. The number of aryl methyl sites for hydroxylation is 1. The Morgan fingerprint density at radius 3 is 3.22 bits per heavy atom. The van der Waals surface area contributed by atoms with Gasteiger partial charge >= 0.3 is 0 Å². The van der Waals surface area contributed by atoms with Gasteiger partial charge in [-0.25, -0.2) is 5.43 Å². The summed E-state index contributed by atoms with van der Waals surface area (Å²) in [5.74, 6) is -0.238. The minimum absolute atomic E-state index is 0.238. The number of fused-ring (bicyclic) bond motifs is 1. The molecule has 0 unspecified atom stereocenters. The zero-order valence-corrected chi connectivity index (χ0v) is 11.1. The van der Waals surface area contributed by atoms with Gasteiger partial charge in [0, 0.05) is 29.8 Å². The molecule has 0 spiro atoms. The summed E-state index contributed by atoms with van der Waals surface area (Å²) in [6.07, 6.45) is 4.58. The van der Waals surface area contributed by atoms with Gasteiger partial charge in [0.2, 0.25) is 0 Å². The van der Waals surface area contributed by atoms with Crippen molar-refractivity contribution in [3.8, 4) is 0 Å². The molecule has 1 aliphatic heterocycles. The third kappa shape index (κ3) is 1.99. The molecule has 6 heteroatoms. The quantitative estimate of drug-likeness (QED) is 0.820. The van der Waals surface area contributed by atoms with Crippen molar-refractivity contribution in [2.45, 2.75) is 13.0 Å². The lowest BCUT2D eigenvalue weighted by molar-refractivity contribution is 0.0950. The van der Waals surface area contributed by atoms with E-state index in [0.29, 0.717) is 5.69 Å². The second-order valence-corrected chi connectivity index (χ2v) is 4.98. The molecule has 2 N–H and O–H groups in total. The number of H-pyrrole nitrogens is 1. The SMILES string of the molecule is O=C(NN=C1CCn2cccc21)c1cc(Br)c[nH]1. The van der Waals surface area contributed by atoms with Gasteiger partial charge in [0.05, 0.1) is 11.4 Å². The molecule has 0 bridgehead atoms. The van der Waals surface area contributed by atoms with Crippen LogP contribution in [0.3, 0.4) is 0 Å². The summed E-state index contributed by atoms with van der Waals surface area (Å²) < 4.78 is 2.96. The number of rotatable bonds is 2. The van der Waals surface area contributed by atoms with Gasteiger partial charge < -0.3 is 9.55 Å². The standard InChI is InChI=1S/C12H11BrN4O/c13-8-6-10(14-7-8)12(18)16-15-9-3-5-17-4-1-2-11(9)17/h1-2,4,6-7,14H,3,5H2,(H,16,18). The molecule has 0 aliphatic carbocycles. The van der Waals surface area contributed by atoms with Gasteiger partial charge in [0.25, 0.3) is 5.91 Å². The van der Waals surface area contributed by atoms with E-state index in [1.165, 1.54) is 0 Å². The first-order valence-corrected chi connectivity index (χ1v) is 6.39. The number of hydrazone groups is 1. The number of nitrogens with zero attached hydrogens (tertiary/aromatic N) is 2. The minimum atomic E-state index is -0.238. The number of amides is 1. The number of hydrogen-bond acceptors (Lipinski definition) is 2. The first kappa shape index (κ1) is 11.3. The Balaban J connectivity index is 1.74. The predicted molar refractivity (Wildman–Crippen MR) is 71.5 cm³/mol. The van der Waals surface area contributed by atoms with Crippen molar-refractivity contribution in [2.75, 3.05) is 0 Å². The predicted octanol–water partition coefficient (Wildman–Crippen LogP) is 2.12. The van der Waals surface area contributed by atoms with Gasteiger partial charge in [-0.15, -0.1) is 0 Å². The molecule has 0 radical (unpaired) electrons. The van der Waals surface area contributed by atoms with Crippen molar-refractivity contribution < 1.29 is 4.79 Å². The molecular formula is C12H11BrN4O. The van der Waals surface area contributed by atoms with Gasteiger partial charge in [0.15, 0.2) is 0 Å². The second-order valence-electron chi connectivity index (χ2n) is 4.07. The molecule has 0 aromatic carbocycles. The van der Waals surface area contributed by atoms with Crippen molar-refractivity contribution in [1.82, 2.24) is 15.0 Å². The topological polar surface area (TPSA) is 62.2 Å². The number of carbonyl (C=O) groups is 1. The summed E-state index contributed by atoms with van der Waals surface area (Å²) in [5.41, 5.74) is 5.04.